The van der Waals surface area contributed by atoms with Gasteiger partial charge in [0, 0.05) is 10.6 Å². The Labute approximate surface area is 134 Å². The van der Waals surface area contributed by atoms with Crippen LogP contribution in [0.2, 0.25) is 5.02 Å². The standard InChI is InChI=1S/C16H11ClN2O4/c17-10-2-4-11(5-3-10)19-15(22)12-6-1-9(14(21)8-20)7-13(12)18-16(19)23/h1-7,20H,8H2,(H,18,23). The maximum Gasteiger partial charge on any atom is 0.333 e. The van der Waals surface area contributed by atoms with Crippen molar-refractivity contribution in [2.45, 2.75) is 0 Å². The van der Waals surface area contributed by atoms with Gasteiger partial charge in [-0.2, -0.15) is 0 Å². The Morgan fingerprint density at radius 3 is 2.48 bits per heavy atom. The fourth-order valence-electron chi connectivity index (χ4n) is 2.31. The molecule has 6 nitrogen and oxygen atoms in total. The van der Waals surface area contributed by atoms with E-state index in [1.54, 1.807) is 24.3 Å². The highest BCUT2D eigenvalue weighted by molar-refractivity contribution is 6.30. The van der Waals surface area contributed by atoms with Crippen LogP contribution in [0.3, 0.4) is 0 Å². The summed E-state index contributed by atoms with van der Waals surface area (Å²) in [7, 11) is 0. The Balaban J connectivity index is 2.26. The summed E-state index contributed by atoms with van der Waals surface area (Å²) in [5.74, 6) is -0.491. The quantitative estimate of drug-likeness (QED) is 0.712. The predicted octanol–water partition coefficient (Wildman–Crippen LogP) is 1.51. The summed E-state index contributed by atoms with van der Waals surface area (Å²) >= 11 is 5.81. The molecule has 2 N–H and O–H groups in total. The van der Waals surface area contributed by atoms with Gasteiger partial charge in [-0.3, -0.25) is 9.59 Å². The topological polar surface area (TPSA) is 92.2 Å². The number of carbonyl (C=O) groups is 1. The molecular weight excluding hydrogens is 320 g/mol. The molecule has 0 aliphatic heterocycles. The van der Waals surface area contributed by atoms with Gasteiger partial charge in [-0.1, -0.05) is 17.7 Å². The number of halogens is 1. The number of Topliss-reactive ketones (excluding diaryl/α,β-unsaturated/α-hetero) is 1. The number of aromatic nitrogens is 2. The summed E-state index contributed by atoms with van der Waals surface area (Å²) in [6, 6.07) is 10.5. The number of H-pyrrole nitrogens is 1. The van der Waals surface area contributed by atoms with Gasteiger partial charge in [-0.15, -0.1) is 0 Å². The predicted molar refractivity (Wildman–Crippen MR) is 86.6 cm³/mol. The molecule has 1 heterocycles. The van der Waals surface area contributed by atoms with Crippen molar-refractivity contribution in [3.63, 3.8) is 0 Å². The molecule has 0 spiro atoms. The van der Waals surface area contributed by atoms with E-state index in [0.29, 0.717) is 10.7 Å². The third-order valence-electron chi connectivity index (χ3n) is 3.45. The second kappa shape index (κ2) is 5.83. The minimum Gasteiger partial charge on any atom is -0.388 e. The minimum atomic E-state index is -0.641. The Bertz CT molecular complexity index is 1020. The van der Waals surface area contributed by atoms with Crippen molar-refractivity contribution in [1.82, 2.24) is 9.55 Å². The number of hydrogen-bond donors (Lipinski definition) is 2. The average molecular weight is 331 g/mol. The summed E-state index contributed by atoms with van der Waals surface area (Å²) in [6.45, 7) is -0.641. The van der Waals surface area contributed by atoms with Crippen LogP contribution in [0.25, 0.3) is 16.6 Å². The van der Waals surface area contributed by atoms with Crippen LogP contribution in [0.1, 0.15) is 10.4 Å². The lowest BCUT2D eigenvalue weighted by Gasteiger charge is -2.07. The van der Waals surface area contributed by atoms with E-state index in [4.69, 9.17) is 16.7 Å². The molecule has 0 saturated carbocycles. The van der Waals surface area contributed by atoms with Gasteiger partial charge in [-0.25, -0.2) is 9.36 Å². The summed E-state index contributed by atoms with van der Waals surface area (Å²) < 4.78 is 0.992. The summed E-state index contributed by atoms with van der Waals surface area (Å²) in [6.07, 6.45) is 0. The van der Waals surface area contributed by atoms with E-state index in [2.05, 4.69) is 4.98 Å². The monoisotopic (exact) mass is 330 g/mol. The molecule has 116 valence electrons. The van der Waals surface area contributed by atoms with E-state index in [1.807, 2.05) is 0 Å². The van der Waals surface area contributed by atoms with Crippen LogP contribution in [0, 0.1) is 0 Å². The van der Waals surface area contributed by atoms with Crippen LogP contribution >= 0.6 is 11.6 Å². The zero-order valence-corrected chi connectivity index (χ0v) is 12.5. The highest BCUT2D eigenvalue weighted by Gasteiger charge is 2.12. The zero-order chi connectivity index (χ0) is 16.6. The first-order valence-electron chi connectivity index (χ1n) is 6.70. The third-order valence-corrected chi connectivity index (χ3v) is 3.70. The van der Waals surface area contributed by atoms with Gasteiger partial charge in [0.05, 0.1) is 16.6 Å². The number of fused-ring (bicyclic) bond motifs is 1. The first-order chi connectivity index (χ1) is 11.0. The third kappa shape index (κ3) is 2.69. The SMILES string of the molecule is O=C(CO)c1ccc2c(=O)n(-c3ccc(Cl)cc3)c(=O)[nH]c2c1. The molecule has 3 rings (SSSR count). The van der Waals surface area contributed by atoms with Gasteiger partial charge < -0.3 is 10.1 Å². The van der Waals surface area contributed by atoms with Crippen LogP contribution in [0.15, 0.2) is 52.1 Å². The smallest absolute Gasteiger partial charge is 0.333 e. The highest BCUT2D eigenvalue weighted by atomic mass is 35.5. The number of nitrogens with zero attached hydrogens (tertiary/aromatic N) is 1. The second-order valence-electron chi connectivity index (χ2n) is 4.89. The largest absolute Gasteiger partial charge is 0.388 e. The molecule has 0 amide bonds. The Morgan fingerprint density at radius 1 is 1.13 bits per heavy atom. The summed E-state index contributed by atoms with van der Waals surface area (Å²) in [4.78, 5) is 38.9. The molecule has 2 aromatic carbocycles. The molecule has 0 unspecified atom stereocenters. The normalized spacial score (nSPS) is 10.9. The lowest BCUT2D eigenvalue weighted by molar-refractivity contribution is 0.0904. The van der Waals surface area contributed by atoms with Crippen LogP contribution in [0.4, 0.5) is 0 Å². The number of aromatic amines is 1. The van der Waals surface area contributed by atoms with Crippen LogP contribution < -0.4 is 11.2 Å². The fraction of sp³-hybridized carbons (Fsp3) is 0.0625. The number of benzene rings is 2. The number of hydrogen-bond acceptors (Lipinski definition) is 4. The van der Waals surface area contributed by atoms with Gasteiger partial charge in [0.15, 0.2) is 5.78 Å². The van der Waals surface area contributed by atoms with Gasteiger partial charge in [0.25, 0.3) is 5.56 Å². The number of aliphatic hydroxyl groups is 1. The van der Waals surface area contributed by atoms with Gasteiger partial charge in [-0.05, 0) is 36.4 Å². The number of carbonyl (C=O) groups excluding carboxylic acids is 1. The van der Waals surface area contributed by atoms with E-state index in [1.165, 1.54) is 18.2 Å². The molecule has 0 aliphatic rings. The highest BCUT2D eigenvalue weighted by Crippen LogP contribution is 2.13. The molecule has 0 radical (unpaired) electrons. The van der Waals surface area contributed by atoms with Crippen LogP contribution in [-0.2, 0) is 0 Å². The van der Waals surface area contributed by atoms with E-state index < -0.39 is 23.6 Å². The summed E-state index contributed by atoms with van der Waals surface area (Å²) in [5, 5.41) is 9.64. The number of rotatable bonds is 3. The zero-order valence-electron chi connectivity index (χ0n) is 11.7. The first kappa shape index (κ1) is 15.2. The molecule has 23 heavy (non-hydrogen) atoms. The van der Waals surface area contributed by atoms with Gasteiger partial charge >= 0.3 is 5.69 Å². The summed E-state index contributed by atoms with van der Waals surface area (Å²) in [5.41, 5.74) is -0.283. The van der Waals surface area contributed by atoms with E-state index in [-0.39, 0.29) is 16.5 Å². The molecule has 0 aliphatic carbocycles. The molecule has 1 aromatic heterocycles. The lowest BCUT2D eigenvalue weighted by Crippen LogP contribution is -2.33. The van der Waals surface area contributed by atoms with Gasteiger partial charge in [0.1, 0.15) is 6.61 Å². The van der Waals surface area contributed by atoms with Crippen molar-refractivity contribution in [3.05, 3.63) is 73.9 Å². The molecular formula is C16H11ClN2O4. The molecule has 0 bridgehead atoms. The molecule has 3 aromatic rings. The maximum absolute atomic E-state index is 12.6. The Kier molecular flexibility index (Phi) is 3.85. The van der Waals surface area contributed by atoms with E-state index in [0.717, 1.165) is 4.57 Å². The van der Waals surface area contributed by atoms with Crippen LogP contribution in [-0.4, -0.2) is 27.0 Å². The average Bonchev–Trinajstić information content (AvgIpc) is 2.55. The van der Waals surface area contributed by atoms with Crippen molar-refractivity contribution >= 4 is 28.3 Å². The molecule has 0 atom stereocenters. The van der Waals surface area contributed by atoms with Crippen molar-refractivity contribution < 1.29 is 9.90 Å². The molecule has 0 fully saturated rings. The maximum atomic E-state index is 12.6. The fourth-order valence-corrected chi connectivity index (χ4v) is 2.43. The Morgan fingerprint density at radius 2 is 1.83 bits per heavy atom. The van der Waals surface area contributed by atoms with Crippen molar-refractivity contribution in [2.24, 2.45) is 0 Å². The van der Waals surface area contributed by atoms with Crippen LogP contribution in [0.5, 0.6) is 0 Å². The lowest BCUT2D eigenvalue weighted by atomic mass is 10.1. The number of ketones is 1. The van der Waals surface area contributed by atoms with Crippen molar-refractivity contribution in [1.29, 1.82) is 0 Å². The number of nitrogens with one attached hydrogen (secondary N) is 1. The molecule has 7 heteroatoms. The molecule has 0 saturated heterocycles. The second-order valence-corrected chi connectivity index (χ2v) is 5.33. The van der Waals surface area contributed by atoms with Gasteiger partial charge in [0.2, 0.25) is 0 Å². The van der Waals surface area contributed by atoms with Crippen molar-refractivity contribution in [3.8, 4) is 5.69 Å². The first-order valence-corrected chi connectivity index (χ1v) is 7.08. The van der Waals surface area contributed by atoms with E-state index in [9.17, 15) is 14.4 Å². The Hall–Kier alpha value is -2.70. The van der Waals surface area contributed by atoms with E-state index >= 15 is 0 Å². The number of aliphatic hydroxyl groups excluding tert-OH is 1. The minimum absolute atomic E-state index is 0.222. The van der Waals surface area contributed by atoms with Crippen molar-refractivity contribution in [2.75, 3.05) is 6.61 Å².